The average Bonchev–Trinajstić information content (AvgIpc) is 2.00. The van der Waals surface area contributed by atoms with Crippen LogP contribution in [0.3, 0.4) is 0 Å². The normalized spacial score (nSPS) is 7.27. The Labute approximate surface area is 86.3 Å². The van der Waals surface area contributed by atoms with Gasteiger partial charge < -0.3 is 0 Å². The van der Waals surface area contributed by atoms with Gasteiger partial charge in [0.1, 0.15) is 0 Å². The quantitative estimate of drug-likeness (QED) is 0.655. The molecular weight excluding hydrogens is 249 g/mol. The number of halogens is 1. The van der Waals surface area contributed by atoms with Crippen molar-refractivity contribution < 1.29 is 0 Å². The van der Waals surface area contributed by atoms with E-state index < -0.39 is 0 Å². The van der Waals surface area contributed by atoms with Crippen molar-refractivity contribution in [1.29, 1.82) is 0 Å². The molecule has 1 nitrogen and oxygen atoms in total. The minimum Gasteiger partial charge on any atom is -0.261 e. The minimum absolute atomic E-state index is 0. The first-order chi connectivity index (χ1) is 4.79. The summed E-state index contributed by atoms with van der Waals surface area (Å²) in [6.07, 6.45) is 1.87. The van der Waals surface area contributed by atoms with Crippen molar-refractivity contribution in [1.82, 2.24) is 4.98 Å². The Hall–Kier alpha value is -0.120. The summed E-state index contributed by atoms with van der Waals surface area (Å²) in [5, 5.41) is 0. The number of hydrogen-bond acceptors (Lipinski definition) is 1. The topological polar surface area (TPSA) is 12.9 Å². The highest BCUT2D eigenvalue weighted by molar-refractivity contribution is 14.0. The molecule has 0 atom stereocenters. The first-order valence-corrected chi connectivity index (χ1v) is 3.68. The largest absolute Gasteiger partial charge is 0.261 e. The lowest BCUT2D eigenvalue weighted by atomic mass is 10.3. The Morgan fingerprint density at radius 2 is 1.64 bits per heavy atom. The van der Waals surface area contributed by atoms with E-state index >= 15 is 0 Å². The van der Waals surface area contributed by atoms with E-state index in [1.807, 2.05) is 40.0 Å². The van der Waals surface area contributed by atoms with E-state index in [4.69, 9.17) is 0 Å². The third kappa shape index (κ3) is 6.28. The van der Waals surface area contributed by atoms with Crippen molar-refractivity contribution in [2.24, 2.45) is 0 Å². The van der Waals surface area contributed by atoms with Gasteiger partial charge in [-0.3, -0.25) is 4.98 Å². The molecule has 0 amide bonds. The van der Waals surface area contributed by atoms with E-state index in [0.29, 0.717) is 0 Å². The lowest BCUT2D eigenvalue weighted by molar-refractivity contribution is 1.17. The third-order valence-corrected chi connectivity index (χ3v) is 1.06. The number of aryl methyl sites for hydroxylation is 2. The van der Waals surface area contributed by atoms with Crippen LogP contribution in [-0.2, 0) is 0 Å². The number of pyridine rings is 1. The second-order valence-electron chi connectivity index (χ2n) is 1.98. The first-order valence-electron chi connectivity index (χ1n) is 3.68. The summed E-state index contributed by atoms with van der Waals surface area (Å²) in [4.78, 5) is 4.08. The van der Waals surface area contributed by atoms with Crippen LogP contribution in [0.1, 0.15) is 25.1 Å². The summed E-state index contributed by atoms with van der Waals surface area (Å²) in [7, 11) is 0. The Morgan fingerprint density at radius 1 is 1.09 bits per heavy atom. The van der Waals surface area contributed by atoms with Crippen molar-refractivity contribution in [2.45, 2.75) is 27.7 Å². The maximum absolute atomic E-state index is 4.08. The lowest BCUT2D eigenvalue weighted by Crippen LogP contribution is -1.78. The molecule has 1 rings (SSSR count). The molecule has 0 unspecified atom stereocenters. The van der Waals surface area contributed by atoms with Gasteiger partial charge in [-0.1, -0.05) is 19.9 Å². The van der Waals surface area contributed by atoms with Gasteiger partial charge in [0.15, 0.2) is 0 Å². The summed E-state index contributed by atoms with van der Waals surface area (Å²) in [6.45, 7) is 8.02. The number of aromatic nitrogens is 1. The molecule has 11 heavy (non-hydrogen) atoms. The van der Waals surface area contributed by atoms with Crippen molar-refractivity contribution in [3.63, 3.8) is 0 Å². The Bertz CT molecular complexity index is 148. The van der Waals surface area contributed by atoms with E-state index in [2.05, 4.69) is 11.1 Å². The Balaban J connectivity index is 0. The molecule has 64 valence electrons. The van der Waals surface area contributed by atoms with Crippen LogP contribution < -0.4 is 0 Å². The zero-order valence-electron chi connectivity index (χ0n) is 7.59. The molecule has 0 saturated heterocycles. The van der Waals surface area contributed by atoms with E-state index in [-0.39, 0.29) is 24.0 Å². The van der Waals surface area contributed by atoms with Gasteiger partial charge in [-0.25, -0.2) is 0 Å². The zero-order chi connectivity index (χ0) is 7.98. The number of nitrogens with zero attached hydrogens (tertiary/aromatic N) is 1. The molecule has 1 heterocycles. The predicted octanol–water partition coefficient (Wildman–Crippen LogP) is 3.34. The summed E-state index contributed by atoms with van der Waals surface area (Å²) in [6, 6.07) is 4.07. The standard InChI is InChI=1S/C7H9N.C2H6.HI/c1-6-3-4-7(2)8-5-6;1-2;/h3-5H,1-2H3;1-2H3;1H. The van der Waals surface area contributed by atoms with E-state index in [0.717, 1.165) is 5.69 Å². The second-order valence-corrected chi connectivity index (χ2v) is 1.98. The van der Waals surface area contributed by atoms with Gasteiger partial charge >= 0.3 is 0 Å². The zero-order valence-corrected chi connectivity index (χ0v) is 9.92. The van der Waals surface area contributed by atoms with Crippen molar-refractivity contribution in [3.05, 3.63) is 29.6 Å². The summed E-state index contributed by atoms with van der Waals surface area (Å²) < 4.78 is 0. The van der Waals surface area contributed by atoms with Crippen molar-refractivity contribution in [3.8, 4) is 0 Å². The molecule has 1 aromatic heterocycles. The van der Waals surface area contributed by atoms with Crippen molar-refractivity contribution >= 4 is 24.0 Å². The Morgan fingerprint density at radius 3 is 1.91 bits per heavy atom. The first kappa shape index (κ1) is 13.5. The molecule has 0 aliphatic rings. The lowest BCUT2D eigenvalue weighted by Gasteiger charge is -1.89. The SMILES string of the molecule is CC.Cc1ccc(C)nc1.I. The van der Waals surface area contributed by atoms with Crippen LogP contribution in [0.5, 0.6) is 0 Å². The van der Waals surface area contributed by atoms with Crippen LogP contribution in [0.4, 0.5) is 0 Å². The fourth-order valence-electron chi connectivity index (χ4n) is 0.542. The van der Waals surface area contributed by atoms with Crippen molar-refractivity contribution in [2.75, 3.05) is 0 Å². The highest BCUT2D eigenvalue weighted by Crippen LogP contribution is 1.94. The van der Waals surface area contributed by atoms with Gasteiger partial charge in [0, 0.05) is 11.9 Å². The van der Waals surface area contributed by atoms with Crippen LogP contribution >= 0.6 is 24.0 Å². The molecule has 1 aromatic rings. The molecule has 0 aromatic carbocycles. The molecule has 0 bridgehead atoms. The van der Waals surface area contributed by atoms with E-state index in [1.165, 1.54) is 5.56 Å². The molecule has 2 heteroatoms. The molecule has 0 saturated carbocycles. The molecule has 0 fully saturated rings. The number of hydrogen-bond donors (Lipinski definition) is 0. The second kappa shape index (κ2) is 7.98. The minimum atomic E-state index is 0. The maximum Gasteiger partial charge on any atom is 0.0372 e. The van der Waals surface area contributed by atoms with Crippen LogP contribution in [0.15, 0.2) is 18.3 Å². The summed E-state index contributed by atoms with van der Waals surface area (Å²) in [5.41, 5.74) is 2.30. The maximum atomic E-state index is 4.08. The molecule has 0 aliphatic heterocycles. The van der Waals surface area contributed by atoms with Crippen LogP contribution in [0.2, 0.25) is 0 Å². The van der Waals surface area contributed by atoms with Gasteiger partial charge in [-0.2, -0.15) is 0 Å². The molecule has 0 aliphatic carbocycles. The van der Waals surface area contributed by atoms with Gasteiger partial charge in [0.2, 0.25) is 0 Å². The summed E-state index contributed by atoms with van der Waals surface area (Å²) >= 11 is 0. The predicted molar refractivity (Wildman–Crippen MR) is 60.5 cm³/mol. The van der Waals surface area contributed by atoms with Crippen LogP contribution in [-0.4, -0.2) is 4.98 Å². The smallest absolute Gasteiger partial charge is 0.0372 e. The van der Waals surface area contributed by atoms with E-state index in [1.54, 1.807) is 0 Å². The molecule has 0 spiro atoms. The van der Waals surface area contributed by atoms with Gasteiger partial charge in [-0.15, -0.1) is 24.0 Å². The molecule has 0 N–H and O–H groups in total. The van der Waals surface area contributed by atoms with Gasteiger partial charge in [-0.05, 0) is 25.5 Å². The fraction of sp³-hybridized carbons (Fsp3) is 0.444. The fourth-order valence-corrected chi connectivity index (χ4v) is 0.542. The van der Waals surface area contributed by atoms with Crippen LogP contribution in [0, 0.1) is 13.8 Å². The monoisotopic (exact) mass is 265 g/mol. The van der Waals surface area contributed by atoms with Gasteiger partial charge in [0.05, 0.1) is 0 Å². The highest BCUT2D eigenvalue weighted by Gasteiger charge is 1.81. The molecule has 0 radical (unpaired) electrons. The molecular formula is C9H16IN. The summed E-state index contributed by atoms with van der Waals surface area (Å²) in [5.74, 6) is 0. The number of rotatable bonds is 0. The Kier molecular flexibility index (Phi) is 9.77. The van der Waals surface area contributed by atoms with Crippen LogP contribution in [0.25, 0.3) is 0 Å². The average molecular weight is 265 g/mol. The van der Waals surface area contributed by atoms with Gasteiger partial charge in [0.25, 0.3) is 0 Å². The van der Waals surface area contributed by atoms with E-state index in [9.17, 15) is 0 Å². The highest BCUT2D eigenvalue weighted by atomic mass is 127. The third-order valence-electron chi connectivity index (χ3n) is 1.06.